The molecule has 0 aliphatic carbocycles. The zero-order valence-corrected chi connectivity index (χ0v) is 10.9. The lowest BCUT2D eigenvalue weighted by molar-refractivity contribution is 0.0167. The van der Waals surface area contributed by atoms with E-state index >= 15 is 0 Å². The van der Waals surface area contributed by atoms with Crippen molar-refractivity contribution in [2.45, 2.75) is 51.8 Å². The predicted molar refractivity (Wildman–Crippen MR) is 67.9 cm³/mol. The summed E-state index contributed by atoms with van der Waals surface area (Å²) in [6.07, 6.45) is 6.14. The maximum atomic E-state index is 5.67. The van der Waals surface area contributed by atoms with Crippen LogP contribution in [0, 0.1) is 0 Å². The fourth-order valence-electron chi connectivity index (χ4n) is 2.09. The zero-order chi connectivity index (χ0) is 12.1. The highest BCUT2D eigenvalue weighted by atomic mass is 16.5. The van der Waals surface area contributed by atoms with Crippen LogP contribution in [0.1, 0.15) is 44.8 Å². The third kappa shape index (κ3) is 3.82. The van der Waals surface area contributed by atoms with E-state index in [1.807, 2.05) is 10.9 Å². The number of ether oxygens (including phenoxy) is 1. The first kappa shape index (κ1) is 12.6. The summed E-state index contributed by atoms with van der Waals surface area (Å²) in [5.74, 6) is 0. The zero-order valence-electron chi connectivity index (χ0n) is 10.9. The topological polar surface area (TPSA) is 39.1 Å². The van der Waals surface area contributed by atoms with E-state index in [0.717, 1.165) is 25.4 Å². The molecule has 0 radical (unpaired) electrons. The van der Waals surface area contributed by atoms with Gasteiger partial charge in [0.2, 0.25) is 0 Å². The molecule has 1 aromatic rings. The number of nitrogens with one attached hydrogen (secondary N) is 1. The normalized spacial score (nSPS) is 21.0. The first-order chi connectivity index (χ1) is 8.25. The number of rotatable bonds is 5. The molecule has 0 saturated carbocycles. The van der Waals surface area contributed by atoms with Gasteiger partial charge < -0.3 is 10.1 Å². The van der Waals surface area contributed by atoms with Crippen LogP contribution in [-0.4, -0.2) is 29.0 Å². The molecule has 96 valence electrons. The Morgan fingerprint density at radius 2 is 2.41 bits per heavy atom. The number of hydrogen-bond acceptors (Lipinski definition) is 3. The molecule has 1 unspecified atom stereocenters. The molecule has 1 fully saturated rings. The van der Waals surface area contributed by atoms with Gasteiger partial charge in [-0.25, -0.2) is 0 Å². The van der Waals surface area contributed by atoms with Crippen molar-refractivity contribution < 1.29 is 4.74 Å². The van der Waals surface area contributed by atoms with Gasteiger partial charge in [-0.1, -0.05) is 0 Å². The van der Waals surface area contributed by atoms with Gasteiger partial charge in [-0.05, 0) is 39.2 Å². The lowest BCUT2D eigenvalue weighted by Crippen LogP contribution is -2.31. The van der Waals surface area contributed by atoms with Gasteiger partial charge in [-0.2, -0.15) is 5.10 Å². The molecular formula is C13H23N3O. The SMILES string of the molecule is CC(C)n1ccc(CNCC2CCCCO2)n1. The highest BCUT2D eigenvalue weighted by Gasteiger charge is 2.13. The van der Waals surface area contributed by atoms with Crippen LogP contribution in [0.2, 0.25) is 0 Å². The number of nitrogens with zero attached hydrogens (tertiary/aromatic N) is 2. The maximum absolute atomic E-state index is 5.67. The van der Waals surface area contributed by atoms with Crippen molar-refractivity contribution in [3.05, 3.63) is 18.0 Å². The molecule has 0 amide bonds. The summed E-state index contributed by atoms with van der Waals surface area (Å²) < 4.78 is 7.67. The summed E-state index contributed by atoms with van der Waals surface area (Å²) in [5, 5.41) is 7.93. The van der Waals surface area contributed by atoms with Gasteiger partial charge in [0.1, 0.15) is 0 Å². The molecule has 1 N–H and O–H groups in total. The summed E-state index contributed by atoms with van der Waals surface area (Å²) in [4.78, 5) is 0. The molecule has 17 heavy (non-hydrogen) atoms. The first-order valence-electron chi connectivity index (χ1n) is 6.62. The van der Waals surface area contributed by atoms with Crippen molar-refractivity contribution in [2.24, 2.45) is 0 Å². The molecule has 1 aromatic heterocycles. The fourth-order valence-corrected chi connectivity index (χ4v) is 2.09. The molecule has 2 heterocycles. The van der Waals surface area contributed by atoms with Crippen molar-refractivity contribution in [2.75, 3.05) is 13.2 Å². The van der Waals surface area contributed by atoms with E-state index in [2.05, 4.69) is 30.3 Å². The fraction of sp³-hybridized carbons (Fsp3) is 0.769. The minimum Gasteiger partial charge on any atom is -0.377 e. The van der Waals surface area contributed by atoms with Crippen LogP contribution in [0.15, 0.2) is 12.3 Å². The predicted octanol–water partition coefficient (Wildman–Crippen LogP) is 2.12. The van der Waals surface area contributed by atoms with E-state index in [-0.39, 0.29) is 0 Å². The van der Waals surface area contributed by atoms with Crippen LogP contribution >= 0.6 is 0 Å². The molecule has 1 atom stereocenters. The second-order valence-electron chi connectivity index (χ2n) is 5.00. The molecule has 0 bridgehead atoms. The summed E-state index contributed by atoms with van der Waals surface area (Å²) in [7, 11) is 0. The average molecular weight is 237 g/mol. The Kier molecular flexibility index (Phi) is 4.57. The summed E-state index contributed by atoms with van der Waals surface area (Å²) >= 11 is 0. The monoisotopic (exact) mass is 237 g/mol. The van der Waals surface area contributed by atoms with Crippen molar-refractivity contribution in [3.63, 3.8) is 0 Å². The van der Waals surface area contributed by atoms with Gasteiger partial charge in [0.25, 0.3) is 0 Å². The van der Waals surface area contributed by atoms with E-state index in [0.29, 0.717) is 12.1 Å². The lowest BCUT2D eigenvalue weighted by Gasteiger charge is -2.22. The van der Waals surface area contributed by atoms with Crippen molar-refractivity contribution in [1.82, 2.24) is 15.1 Å². The third-order valence-corrected chi connectivity index (χ3v) is 3.14. The molecular weight excluding hydrogens is 214 g/mol. The molecule has 1 aliphatic rings. The van der Waals surface area contributed by atoms with Crippen LogP contribution < -0.4 is 5.32 Å². The highest BCUT2D eigenvalue weighted by molar-refractivity contribution is 4.99. The first-order valence-corrected chi connectivity index (χ1v) is 6.62. The van der Waals surface area contributed by atoms with Crippen LogP contribution in [0.25, 0.3) is 0 Å². The number of aromatic nitrogens is 2. The van der Waals surface area contributed by atoms with Crippen LogP contribution in [0.4, 0.5) is 0 Å². The average Bonchev–Trinajstić information content (AvgIpc) is 2.79. The summed E-state index contributed by atoms with van der Waals surface area (Å²) in [6, 6.07) is 2.51. The van der Waals surface area contributed by atoms with E-state index < -0.39 is 0 Å². The highest BCUT2D eigenvalue weighted by Crippen LogP contribution is 2.11. The molecule has 1 saturated heterocycles. The second kappa shape index (κ2) is 6.17. The summed E-state index contributed by atoms with van der Waals surface area (Å²) in [5.41, 5.74) is 1.11. The Hall–Kier alpha value is -0.870. The maximum Gasteiger partial charge on any atom is 0.0762 e. The van der Waals surface area contributed by atoms with Crippen molar-refractivity contribution in [3.8, 4) is 0 Å². The Balaban J connectivity index is 1.70. The summed E-state index contributed by atoms with van der Waals surface area (Å²) in [6.45, 7) is 6.97. The van der Waals surface area contributed by atoms with Gasteiger partial charge in [-0.3, -0.25) is 4.68 Å². The Morgan fingerprint density at radius 1 is 1.53 bits per heavy atom. The van der Waals surface area contributed by atoms with E-state index in [1.54, 1.807) is 0 Å². The minimum absolute atomic E-state index is 0.399. The van der Waals surface area contributed by atoms with Crippen LogP contribution in [0.5, 0.6) is 0 Å². The molecule has 4 nitrogen and oxygen atoms in total. The van der Waals surface area contributed by atoms with Crippen molar-refractivity contribution in [1.29, 1.82) is 0 Å². The van der Waals surface area contributed by atoms with Crippen LogP contribution in [-0.2, 0) is 11.3 Å². The van der Waals surface area contributed by atoms with Gasteiger partial charge in [0.05, 0.1) is 11.8 Å². The van der Waals surface area contributed by atoms with E-state index in [4.69, 9.17) is 4.74 Å². The van der Waals surface area contributed by atoms with Gasteiger partial charge in [0.15, 0.2) is 0 Å². The Morgan fingerprint density at radius 3 is 3.06 bits per heavy atom. The molecule has 1 aliphatic heterocycles. The van der Waals surface area contributed by atoms with Gasteiger partial charge in [0, 0.05) is 31.9 Å². The van der Waals surface area contributed by atoms with E-state index in [9.17, 15) is 0 Å². The van der Waals surface area contributed by atoms with Gasteiger partial charge in [-0.15, -0.1) is 0 Å². The minimum atomic E-state index is 0.399. The smallest absolute Gasteiger partial charge is 0.0762 e. The Bertz CT molecular complexity index is 329. The Labute approximate surface area is 103 Å². The quantitative estimate of drug-likeness (QED) is 0.852. The molecule has 0 aromatic carbocycles. The number of hydrogen-bond donors (Lipinski definition) is 1. The van der Waals surface area contributed by atoms with Crippen molar-refractivity contribution >= 4 is 0 Å². The van der Waals surface area contributed by atoms with E-state index in [1.165, 1.54) is 19.3 Å². The molecule has 4 heteroatoms. The lowest BCUT2D eigenvalue weighted by atomic mass is 10.1. The van der Waals surface area contributed by atoms with Gasteiger partial charge >= 0.3 is 0 Å². The second-order valence-corrected chi connectivity index (χ2v) is 5.00. The standard InChI is InChI=1S/C13H23N3O/c1-11(2)16-7-6-12(15-16)9-14-10-13-5-3-4-8-17-13/h6-7,11,13-14H,3-5,8-10H2,1-2H3. The largest absolute Gasteiger partial charge is 0.377 e. The molecule has 0 spiro atoms. The third-order valence-electron chi connectivity index (χ3n) is 3.14. The molecule has 2 rings (SSSR count). The van der Waals surface area contributed by atoms with Crippen LogP contribution in [0.3, 0.4) is 0 Å².